The van der Waals surface area contributed by atoms with Gasteiger partial charge in [-0.05, 0) is 36.6 Å². The summed E-state index contributed by atoms with van der Waals surface area (Å²) < 4.78 is 5.24. The zero-order valence-corrected chi connectivity index (χ0v) is 11.2. The molecular formula is C13H19ClN2O2. The lowest BCUT2D eigenvalue weighted by molar-refractivity contribution is -0.130. The third kappa shape index (κ3) is 4.03. The summed E-state index contributed by atoms with van der Waals surface area (Å²) in [6, 6.07) is 3.59. The molecule has 1 saturated heterocycles. The Balaban J connectivity index is 1.66. The van der Waals surface area contributed by atoms with E-state index in [1.165, 1.54) is 6.42 Å². The van der Waals surface area contributed by atoms with E-state index < -0.39 is 0 Å². The van der Waals surface area contributed by atoms with E-state index in [9.17, 15) is 4.79 Å². The average molecular weight is 271 g/mol. The van der Waals surface area contributed by atoms with Gasteiger partial charge >= 0.3 is 0 Å². The van der Waals surface area contributed by atoms with Crippen LogP contribution in [0.25, 0.3) is 0 Å². The summed E-state index contributed by atoms with van der Waals surface area (Å²) >= 11 is 5.68. The van der Waals surface area contributed by atoms with Crippen molar-refractivity contribution < 1.29 is 9.21 Å². The first-order valence-electron chi connectivity index (χ1n) is 6.48. The van der Waals surface area contributed by atoms with Gasteiger partial charge in [0.15, 0.2) is 5.22 Å². The zero-order chi connectivity index (χ0) is 12.8. The van der Waals surface area contributed by atoms with Gasteiger partial charge in [0, 0.05) is 26.1 Å². The maximum atomic E-state index is 11.7. The van der Waals surface area contributed by atoms with Crippen molar-refractivity contribution in [3.05, 3.63) is 23.1 Å². The molecular weight excluding hydrogens is 252 g/mol. The van der Waals surface area contributed by atoms with Crippen LogP contribution in [0.1, 0.15) is 31.4 Å². The van der Waals surface area contributed by atoms with Gasteiger partial charge in [-0.15, -0.1) is 0 Å². The number of hydrogen-bond acceptors (Lipinski definition) is 3. The van der Waals surface area contributed by atoms with Gasteiger partial charge < -0.3 is 14.6 Å². The van der Waals surface area contributed by atoms with Crippen LogP contribution in [0.2, 0.25) is 5.22 Å². The zero-order valence-electron chi connectivity index (χ0n) is 10.5. The van der Waals surface area contributed by atoms with E-state index in [1.807, 2.05) is 11.0 Å². The Morgan fingerprint density at radius 3 is 3.00 bits per heavy atom. The minimum absolute atomic E-state index is 0.287. The van der Waals surface area contributed by atoms with E-state index >= 15 is 0 Å². The molecule has 4 nitrogen and oxygen atoms in total. The molecule has 0 unspecified atom stereocenters. The van der Waals surface area contributed by atoms with Crippen molar-refractivity contribution in [3.8, 4) is 0 Å². The van der Waals surface area contributed by atoms with Crippen molar-refractivity contribution in [1.29, 1.82) is 0 Å². The van der Waals surface area contributed by atoms with Crippen LogP contribution in [0.4, 0.5) is 0 Å². The molecule has 1 aliphatic heterocycles. The number of furan rings is 1. The minimum atomic E-state index is 0.287. The molecule has 5 heteroatoms. The summed E-state index contributed by atoms with van der Waals surface area (Å²) in [6.45, 7) is 3.10. The second-order valence-corrected chi connectivity index (χ2v) is 4.95. The molecule has 2 heterocycles. The third-order valence-corrected chi connectivity index (χ3v) is 3.36. The van der Waals surface area contributed by atoms with E-state index in [-0.39, 0.29) is 5.91 Å². The van der Waals surface area contributed by atoms with Crippen molar-refractivity contribution in [1.82, 2.24) is 10.2 Å². The molecule has 1 N–H and O–H groups in total. The Hall–Kier alpha value is -1.00. The molecule has 1 fully saturated rings. The predicted molar refractivity (Wildman–Crippen MR) is 70.5 cm³/mol. The number of halogens is 1. The highest BCUT2D eigenvalue weighted by molar-refractivity contribution is 6.28. The van der Waals surface area contributed by atoms with Crippen molar-refractivity contribution in [2.24, 2.45) is 0 Å². The molecule has 0 saturated carbocycles. The lowest BCUT2D eigenvalue weighted by Crippen LogP contribution is -2.36. The van der Waals surface area contributed by atoms with Gasteiger partial charge in [-0.1, -0.05) is 6.42 Å². The van der Waals surface area contributed by atoms with Gasteiger partial charge in [0.05, 0.1) is 6.54 Å². The second kappa shape index (κ2) is 6.81. The molecule has 1 aliphatic rings. The molecule has 1 aromatic heterocycles. The number of hydrogen-bond donors (Lipinski definition) is 1. The van der Waals surface area contributed by atoms with E-state index in [0.29, 0.717) is 18.2 Å². The predicted octanol–water partition coefficient (Wildman–Crippen LogP) is 2.43. The molecule has 100 valence electrons. The van der Waals surface area contributed by atoms with Crippen LogP contribution in [0.15, 0.2) is 16.5 Å². The molecule has 0 spiro atoms. The highest BCUT2D eigenvalue weighted by Gasteiger charge is 2.15. The van der Waals surface area contributed by atoms with Gasteiger partial charge in [0.2, 0.25) is 5.91 Å². The molecule has 0 aromatic carbocycles. The van der Waals surface area contributed by atoms with Gasteiger partial charge in [-0.3, -0.25) is 4.79 Å². The molecule has 2 rings (SSSR count). The van der Waals surface area contributed by atoms with Crippen molar-refractivity contribution in [3.63, 3.8) is 0 Å². The topological polar surface area (TPSA) is 45.5 Å². The van der Waals surface area contributed by atoms with Crippen LogP contribution in [0.5, 0.6) is 0 Å². The first kappa shape index (κ1) is 13.4. The summed E-state index contributed by atoms with van der Waals surface area (Å²) in [4.78, 5) is 13.7. The molecule has 0 radical (unpaired) electrons. The Labute approximate surface area is 112 Å². The van der Waals surface area contributed by atoms with Crippen LogP contribution < -0.4 is 5.32 Å². The van der Waals surface area contributed by atoms with E-state index in [4.69, 9.17) is 16.0 Å². The SMILES string of the molecule is O=C1CCCCCN1CCNCc1ccc(Cl)o1. The second-order valence-electron chi connectivity index (χ2n) is 4.57. The number of carbonyl (C=O) groups excluding carboxylic acids is 1. The summed E-state index contributed by atoms with van der Waals surface area (Å²) in [7, 11) is 0. The van der Waals surface area contributed by atoms with Crippen molar-refractivity contribution in [2.45, 2.75) is 32.2 Å². The number of carbonyl (C=O) groups is 1. The monoisotopic (exact) mass is 270 g/mol. The Morgan fingerprint density at radius 1 is 1.33 bits per heavy atom. The molecule has 1 aromatic rings. The normalized spacial score (nSPS) is 16.9. The number of likely N-dealkylation sites (tertiary alicyclic amines) is 1. The molecule has 0 aliphatic carbocycles. The van der Waals surface area contributed by atoms with Crippen LogP contribution in [-0.4, -0.2) is 30.4 Å². The Morgan fingerprint density at radius 2 is 2.22 bits per heavy atom. The minimum Gasteiger partial charge on any atom is -0.448 e. The number of nitrogens with one attached hydrogen (secondary N) is 1. The average Bonchev–Trinajstić information content (AvgIpc) is 2.65. The smallest absolute Gasteiger partial charge is 0.222 e. The Bertz CT molecular complexity index is 392. The van der Waals surface area contributed by atoms with Gasteiger partial charge in [-0.25, -0.2) is 0 Å². The molecule has 0 bridgehead atoms. The summed E-state index contributed by atoms with van der Waals surface area (Å²) in [5.41, 5.74) is 0. The van der Waals surface area contributed by atoms with Crippen LogP contribution in [0.3, 0.4) is 0 Å². The fraction of sp³-hybridized carbons (Fsp3) is 0.615. The molecule has 0 atom stereocenters. The first-order chi connectivity index (χ1) is 8.75. The fourth-order valence-electron chi connectivity index (χ4n) is 2.15. The lowest BCUT2D eigenvalue weighted by atomic mass is 10.2. The molecule has 1 amide bonds. The molecule has 18 heavy (non-hydrogen) atoms. The highest BCUT2D eigenvalue weighted by atomic mass is 35.5. The Kier molecular flexibility index (Phi) is 5.08. The van der Waals surface area contributed by atoms with Crippen molar-refractivity contribution in [2.75, 3.05) is 19.6 Å². The summed E-state index contributed by atoms with van der Waals surface area (Å²) in [6.07, 6.45) is 4.03. The standard InChI is InChI=1S/C13H19ClN2O2/c14-12-6-5-11(18-12)10-15-7-9-16-8-3-1-2-4-13(16)17/h5-6,15H,1-4,7-10H2. The number of rotatable bonds is 5. The maximum Gasteiger partial charge on any atom is 0.222 e. The largest absolute Gasteiger partial charge is 0.448 e. The van der Waals surface area contributed by atoms with Crippen LogP contribution >= 0.6 is 11.6 Å². The summed E-state index contributed by atoms with van der Waals surface area (Å²) in [5.74, 6) is 1.11. The van der Waals surface area contributed by atoms with E-state index in [0.717, 1.165) is 38.2 Å². The lowest BCUT2D eigenvalue weighted by Gasteiger charge is -2.20. The van der Waals surface area contributed by atoms with E-state index in [1.54, 1.807) is 6.07 Å². The van der Waals surface area contributed by atoms with Crippen molar-refractivity contribution >= 4 is 17.5 Å². The van der Waals surface area contributed by atoms with Crippen LogP contribution in [0, 0.1) is 0 Å². The van der Waals surface area contributed by atoms with Gasteiger partial charge in [0.25, 0.3) is 0 Å². The van der Waals surface area contributed by atoms with Crippen LogP contribution in [-0.2, 0) is 11.3 Å². The third-order valence-electron chi connectivity index (χ3n) is 3.16. The quantitative estimate of drug-likeness (QED) is 0.836. The maximum absolute atomic E-state index is 11.7. The number of nitrogens with zero attached hydrogens (tertiary/aromatic N) is 1. The highest BCUT2D eigenvalue weighted by Crippen LogP contribution is 2.13. The summed E-state index contributed by atoms with van der Waals surface area (Å²) in [5, 5.41) is 3.67. The fourth-order valence-corrected chi connectivity index (χ4v) is 2.31. The van der Waals surface area contributed by atoms with E-state index in [2.05, 4.69) is 5.32 Å². The van der Waals surface area contributed by atoms with Gasteiger partial charge in [-0.2, -0.15) is 0 Å². The first-order valence-corrected chi connectivity index (χ1v) is 6.86. The number of amides is 1. The van der Waals surface area contributed by atoms with Gasteiger partial charge in [0.1, 0.15) is 5.76 Å².